The van der Waals surface area contributed by atoms with Gasteiger partial charge in [0.05, 0.1) is 0 Å². The number of carbonyl (C=O) groups excluding carboxylic acids is 1. The van der Waals surface area contributed by atoms with E-state index in [1.807, 2.05) is 30.3 Å². The molecule has 2 N–H and O–H groups in total. The Hall–Kier alpha value is -1.88. The predicted molar refractivity (Wildman–Crippen MR) is 54.3 cm³/mol. The fraction of sp³-hybridized carbons (Fsp3) is 0.200. The smallest absolute Gasteiger partial charge is 0.292 e. The fourth-order valence-electron chi connectivity index (χ4n) is 0.900. The molecule has 0 spiro atoms. The molecule has 5 heteroatoms. The van der Waals surface area contributed by atoms with Gasteiger partial charge in [-0.05, 0) is 12.5 Å². The topological polar surface area (TPSA) is 70.9 Å². The lowest BCUT2D eigenvalue weighted by Crippen LogP contribution is -2.26. The van der Waals surface area contributed by atoms with Crippen LogP contribution in [0.4, 0.5) is 0 Å². The summed E-state index contributed by atoms with van der Waals surface area (Å²) >= 11 is 0. The molecule has 0 atom stereocenters. The van der Waals surface area contributed by atoms with Crippen LogP contribution in [0.1, 0.15) is 12.5 Å². The molecule has 1 aromatic rings. The largest absolute Gasteiger partial charge is 0.391 e. The predicted octanol–water partition coefficient (Wildman–Crippen LogP) is 1.08. The van der Waals surface area contributed by atoms with Gasteiger partial charge in [-0.2, -0.15) is 0 Å². The number of oxime groups is 1. The van der Waals surface area contributed by atoms with Gasteiger partial charge in [-0.3, -0.25) is 10.0 Å². The molecule has 0 radical (unpaired) electrons. The van der Waals surface area contributed by atoms with Crippen molar-refractivity contribution in [2.45, 2.75) is 13.5 Å². The quantitative estimate of drug-likeness (QED) is 0.442. The van der Waals surface area contributed by atoms with E-state index in [0.717, 1.165) is 5.56 Å². The Bertz CT molecular complexity index is 349. The van der Waals surface area contributed by atoms with E-state index in [9.17, 15) is 4.79 Å². The molecule has 1 amide bonds. The Morgan fingerprint density at radius 2 is 2.13 bits per heavy atom. The van der Waals surface area contributed by atoms with Gasteiger partial charge in [-0.1, -0.05) is 35.5 Å². The summed E-state index contributed by atoms with van der Waals surface area (Å²) in [5, 5.41) is 11.8. The summed E-state index contributed by atoms with van der Waals surface area (Å²) in [7, 11) is 0. The van der Waals surface area contributed by atoms with Crippen LogP contribution >= 0.6 is 0 Å². The number of benzene rings is 1. The molecule has 15 heavy (non-hydrogen) atoms. The maximum absolute atomic E-state index is 10.8. The highest BCUT2D eigenvalue weighted by Gasteiger charge is 2.03. The van der Waals surface area contributed by atoms with E-state index in [0.29, 0.717) is 0 Å². The first-order valence-electron chi connectivity index (χ1n) is 4.39. The molecule has 0 aliphatic rings. The summed E-state index contributed by atoms with van der Waals surface area (Å²) in [5.41, 5.74) is 2.48. The monoisotopic (exact) mass is 208 g/mol. The van der Waals surface area contributed by atoms with Crippen molar-refractivity contribution < 1.29 is 14.8 Å². The van der Waals surface area contributed by atoms with Gasteiger partial charge in [0.25, 0.3) is 5.91 Å². The van der Waals surface area contributed by atoms with Crippen LogP contribution in [0, 0.1) is 0 Å². The minimum absolute atomic E-state index is 0.0634. The van der Waals surface area contributed by atoms with Gasteiger partial charge in [0, 0.05) is 0 Å². The van der Waals surface area contributed by atoms with Crippen molar-refractivity contribution in [1.82, 2.24) is 5.48 Å². The number of hydrogen-bond donors (Lipinski definition) is 2. The van der Waals surface area contributed by atoms with E-state index < -0.39 is 5.91 Å². The first kappa shape index (κ1) is 11.2. The van der Waals surface area contributed by atoms with Crippen molar-refractivity contribution in [3.05, 3.63) is 35.9 Å². The zero-order valence-electron chi connectivity index (χ0n) is 8.30. The molecule has 80 valence electrons. The molecule has 0 unspecified atom stereocenters. The van der Waals surface area contributed by atoms with Crippen LogP contribution in [0.3, 0.4) is 0 Å². The van der Waals surface area contributed by atoms with Gasteiger partial charge >= 0.3 is 0 Å². The summed E-state index contributed by atoms with van der Waals surface area (Å²) < 4.78 is 0. The highest BCUT2D eigenvalue weighted by atomic mass is 16.6. The van der Waals surface area contributed by atoms with Gasteiger partial charge < -0.3 is 4.84 Å². The number of amides is 1. The third-order valence-corrected chi connectivity index (χ3v) is 1.71. The van der Waals surface area contributed by atoms with Crippen LogP contribution in [0.5, 0.6) is 0 Å². The second-order valence-electron chi connectivity index (χ2n) is 2.88. The van der Waals surface area contributed by atoms with E-state index in [1.54, 1.807) is 0 Å². The Balaban J connectivity index is 2.42. The normalized spacial score (nSPS) is 10.9. The van der Waals surface area contributed by atoms with Gasteiger partial charge in [0.15, 0.2) is 0 Å². The maximum atomic E-state index is 10.8. The van der Waals surface area contributed by atoms with Crippen LogP contribution in [-0.4, -0.2) is 16.8 Å². The minimum Gasteiger partial charge on any atom is -0.391 e. The van der Waals surface area contributed by atoms with E-state index in [4.69, 9.17) is 10.0 Å². The zero-order chi connectivity index (χ0) is 11.1. The Kier molecular flexibility index (Phi) is 4.30. The Morgan fingerprint density at radius 1 is 1.47 bits per heavy atom. The second-order valence-corrected chi connectivity index (χ2v) is 2.88. The number of carbonyl (C=O) groups is 1. The molecule has 5 nitrogen and oxygen atoms in total. The van der Waals surface area contributed by atoms with Crippen LogP contribution in [-0.2, 0) is 16.2 Å². The number of hydrogen-bond acceptors (Lipinski definition) is 4. The molecular formula is C10H12N2O3. The fourth-order valence-corrected chi connectivity index (χ4v) is 0.900. The first-order chi connectivity index (χ1) is 7.24. The summed E-state index contributed by atoms with van der Waals surface area (Å²) in [6.07, 6.45) is 0. The first-order valence-corrected chi connectivity index (χ1v) is 4.39. The van der Waals surface area contributed by atoms with E-state index in [2.05, 4.69) is 5.16 Å². The van der Waals surface area contributed by atoms with Crippen LogP contribution < -0.4 is 5.48 Å². The molecule has 0 heterocycles. The zero-order valence-corrected chi connectivity index (χ0v) is 8.30. The van der Waals surface area contributed by atoms with Crippen LogP contribution in [0.15, 0.2) is 35.5 Å². The molecule has 0 aliphatic carbocycles. The summed E-state index contributed by atoms with van der Waals surface area (Å²) in [6.45, 7) is 1.73. The molecule has 1 aromatic carbocycles. The van der Waals surface area contributed by atoms with Crippen molar-refractivity contribution in [3.63, 3.8) is 0 Å². The Morgan fingerprint density at radius 3 is 2.73 bits per heavy atom. The SMILES string of the molecule is CC(=NOCc1ccccc1)C(=O)NO. The number of rotatable bonds is 4. The van der Waals surface area contributed by atoms with Crippen LogP contribution in [0.2, 0.25) is 0 Å². The number of nitrogens with zero attached hydrogens (tertiary/aromatic N) is 1. The molecular weight excluding hydrogens is 196 g/mol. The molecule has 0 saturated carbocycles. The van der Waals surface area contributed by atoms with Crippen molar-refractivity contribution in [1.29, 1.82) is 0 Å². The lowest BCUT2D eigenvalue weighted by Gasteiger charge is -2.00. The van der Waals surface area contributed by atoms with E-state index >= 15 is 0 Å². The lowest BCUT2D eigenvalue weighted by atomic mass is 10.2. The molecule has 0 saturated heterocycles. The Labute approximate surface area is 87.3 Å². The van der Waals surface area contributed by atoms with Crippen molar-refractivity contribution in [2.75, 3.05) is 0 Å². The molecule has 1 rings (SSSR count). The summed E-state index contributed by atoms with van der Waals surface area (Å²) in [4.78, 5) is 15.7. The van der Waals surface area contributed by atoms with Gasteiger partial charge in [0.1, 0.15) is 12.3 Å². The summed E-state index contributed by atoms with van der Waals surface area (Å²) in [6, 6.07) is 9.44. The van der Waals surface area contributed by atoms with Crippen molar-refractivity contribution in [2.24, 2.45) is 5.16 Å². The maximum Gasteiger partial charge on any atom is 0.292 e. The average molecular weight is 208 g/mol. The highest BCUT2D eigenvalue weighted by molar-refractivity contribution is 6.37. The van der Waals surface area contributed by atoms with E-state index in [1.165, 1.54) is 12.4 Å². The second kappa shape index (κ2) is 5.77. The van der Waals surface area contributed by atoms with Gasteiger partial charge in [0.2, 0.25) is 0 Å². The average Bonchev–Trinajstić information content (AvgIpc) is 2.29. The minimum atomic E-state index is -0.678. The molecule has 0 bridgehead atoms. The van der Waals surface area contributed by atoms with E-state index in [-0.39, 0.29) is 12.3 Å². The van der Waals surface area contributed by atoms with Gasteiger partial charge in [-0.15, -0.1) is 0 Å². The molecule has 0 fully saturated rings. The highest BCUT2D eigenvalue weighted by Crippen LogP contribution is 2.00. The molecule has 0 aromatic heterocycles. The van der Waals surface area contributed by atoms with Crippen LogP contribution in [0.25, 0.3) is 0 Å². The lowest BCUT2D eigenvalue weighted by molar-refractivity contribution is -0.122. The van der Waals surface area contributed by atoms with Gasteiger partial charge in [-0.25, -0.2) is 5.48 Å². The summed E-state index contributed by atoms with van der Waals surface area (Å²) in [5.74, 6) is -0.678. The van der Waals surface area contributed by atoms with Crippen molar-refractivity contribution >= 4 is 11.6 Å². The third-order valence-electron chi connectivity index (χ3n) is 1.71. The number of nitrogens with one attached hydrogen (secondary N) is 1. The standard InChI is InChI=1S/C10H12N2O3/c1-8(10(13)11-14)12-15-7-9-5-3-2-4-6-9/h2-6,14H,7H2,1H3,(H,11,13). The number of hydroxylamine groups is 1. The van der Waals surface area contributed by atoms with Crippen molar-refractivity contribution in [3.8, 4) is 0 Å². The molecule has 0 aliphatic heterocycles. The third kappa shape index (κ3) is 3.78.